The fraction of sp³-hybridized carbons (Fsp3) is 0.562. The lowest BCUT2D eigenvalue weighted by Crippen LogP contribution is -2.37. The maximum Gasteiger partial charge on any atom is 0.120 e. The number of nitrogens with zero attached hydrogens (tertiary/aromatic N) is 3. The van der Waals surface area contributed by atoms with E-state index in [9.17, 15) is 0 Å². The smallest absolute Gasteiger partial charge is 0.120 e. The molecular formula is C16H23N3O. The van der Waals surface area contributed by atoms with Gasteiger partial charge in [0.05, 0.1) is 18.6 Å². The summed E-state index contributed by atoms with van der Waals surface area (Å²) in [5.41, 5.74) is 0. The molecule has 20 heavy (non-hydrogen) atoms. The van der Waals surface area contributed by atoms with Crippen LogP contribution in [0.2, 0.25) is 0 Å². The van der Waals surface area contributed by atoms with E-state index in [1.807, 2.05) is 24.8 Å². The van der Waals surface area contributed by atoms with Crippen molar-refractivity contribution in [2.75, 3.05) is 13.1 Å². The normalized spacial score (nSPS) is 24.1. The van der Waals surface area contributed by atoms with E-state index >= 15 is 0 Å². The van der Waals surface area contributed by atoms with Crippen LogP contribution < -0.4 is 0 Å². The lowest BCUT2D eigenvalue weighted by atomic mass is 9.91. The van der Waals surface area contributed by atoms with Gasteiger partial charge in [-0.05, 0) is 43.9 Å². The number of likely N-dealkylation sites (tertiary alicyclic amines) is 1. The van der Waals surface area contributed by atoms with Gasteiger partial charge in [0.25, 0.3) is 0 Å². The van der Waals surface area contributed by atoms with Crippen molar-refractivity contribution in [1.82, 2.24) is 14.5 Å². The van der Waals surface area contributed by atoms with E-state index < -0.39 is 0 Å². The summed E-state index contributed by atoms with van der Waals surface area (Å²) in [7, 11) is 0. The molecule has 1 aliphatic heterocycles. The van der Waals surface area contributed by atoms with Gasteiger partial charge in [-0.25, -0.2) is 4.98 Å². The largest absolute Gasteiger partial charge is 0.468 e. The minimum atomic E-state index is 0.455. The lowest BCUT2D eigenvalue weighted by molar-refractivity contribution is 0.0991. The number of aryl methyl sites for hydroxylation is 1. The van der Waals surface area contributed by atoms with Crippen LogP contribution in [0, 0.1) is 5.92 Å². The molecule has 0 aromatic carbocycles. The van der Waals surface area contributed by atoms with Gasteiger partial charge in [0.2, 0.25) is 0 Å². The number of hydrogen-bond acceptors (Lipinski definition) is 3. The molecule has 3 heterocycles. The van der Waals surface area contributed by atoms with Gasteiger partial charge in [-0.3, -0.25) is 4.90 Å². The Balaban J connectivity index is 1.58. The highest BCUT2D eigenvalue weighted by Gasteiger charge is 2.28. The standard InChI is InChI=1S/C16H23N3O/c1-14-5-9-19(8-3-7-18-10-6-17-13-18)15(12-14)16-4-2-11-20-16/h2,4,6,10-11,13-15H,3,5,7-9,12H2,1H3/t14-,15-/m1/s1. The van der Waals surface area contributed by atoms with E-state index in [2.05, 4.69) is 27.4 Å². The number of piperidine rings is 1. The van der Waals surface area contributed by atoms with E-state index in [0.717, 1.165) is 31.2 Å². The predicted octanol–water partition coefficient (Wildman–Crippen LogP) is 3.34. The van der Waals surface area contributed by atoms with E-state index in [1.54, 1.807) is 6.26 Å². The Morgan fingerprint density at radius 1 is 1.40 bits per heavy atom. The van der Waals surface area contributed by atoms with Crippen molar-refractivity contribution in [3.8, 4) is 0 Å². The first-order chi connectivity index (χ1) is 9.83. The molecule has 2 aromatic rings. The Labute approximate surface area is 120 Å². The second-order valence-corrected chi connectivity index (χ2v) is 5.85. The summed E-state index contributed by atoms with van der Waals surface area (Å²) in [5.74, 6) is 1.91. The van der Waals surface area contributed by atoms with Crippen molar-refractivity contribution < 1.29 is 4.42 Å². The Morgan fingerprint density at radius 2 is 2.35 bits per heavy atom. The molecular weight excluding hydrogens is 250 g/mol. The average molecular weight is 273 g/mol. The molecule has 0 saturated carbocycles. The SMILES string of the molecule is C[C@@H]1CCN(CCCn2ccnc2)[C@@H](c2ccco2)C1. The molecule has 2 aromatic heterocycles. The van der Waals surface area contributed by atoms with Gasteiger partial charge in [0.15, 0.2) is 0 Å². The summed E-state index contributed by atoms with van der Waals surface area (Å²) in [6, 6.07) is 4.57. The number of rotatable bonds is 5. The molecule has 0 amide bonds. The fourth-order valence-corrected chi connectivity index (χ4v) is 3.11. The third kappa shape index (κ3) is 3.12. The third-order valence-corrected chi connectivity index (χ3v) is 4.27. The first-order valence-corrected chi connectivity index (χ1v) is 7.56. The van der Waals surface area contributed by atoms with Crippen LogP contribution in [0.25, 0.3) is 0 Å². The number of furan rings is 1. The molecule has 0 aliphatic carbocycles. The average Bonchev–Trinajstić information content (AvgIpc) is 3.12. The van der Waals surface area contributed by atoms with Gasteiger partial charge in [0, 0.05) is 25.5 Å². The van der Waals surface area contributed by atoms with Crippen LogP contribution in [0.1, 0.15) is 38.0 Å². The highest BCUT2D eigenvalue weighted by molar-refractivity contribution is 5.06. The van der Waals surface area contributed by atoms with Crippen LogP contribution in [0.15, 0.2) is 41.5 Å². The van der Waals surface area contributed by atoms with E-state index in [4.69, 9.17) is 4.42 Å². The Bertz CT molecular complexity index is 492. The highest BCUT2D eigenvalue weighted by atomic mass is 16.3. The fourth-order valence-electron chi connectivity index (χ4n) is 3.11. The molecule has 0 unspecified atom stereocenters. The molecule has 0 N–H and O–H groups in total. The monoisotopic (exact) mass is 273 g/mol. The van der Waals surface area contributed by atoms with Crippen LogP contribution >= 0.6 is 0 Å². The summed E-state index contributed by atoms with van der Waals surface area (Å²) in [6.45, 7) is 5.68. The predicted molar refractivity (Wildman–Crippen MR) is 78.3 cm³/mol. The zero-order valence-electron chi connectivity index (χ0n) is 12.1. The topological polar surface area (TPSA) is 34.2 Å². The molecule has 3 rings (SSSR count). The zero-order valence-corrected chi connectivity index (χ0v) is 12.1. The van der Waals surface area contributed by atoms with Gasteiger partial charge in [-0.2, -0.15) is 0 Å². The molecule has 1 aliphatic rings. The van der Waals surface area contributed by atoms with Gasteiger partial charge < -0.3 is 8.98 Å². The summed E-state index contributed by atoms with van der Waals surface area (Å²) >= 11 is 0. The number of hydrogen-bond donors (Lipinski definition) is 0. The van der Waals surface area contributed by atoms with E-state index in [1.165, 1.54) is 19.4 Å². The Morgan fingerprint density at radius 3 is 3.10 bits per heavy atom. The molecule has 4 nitrogen and oxygen atoms in total. The van der Waals surface area contributed by atoms with E-state index in [-0.39, 0.29) is 0 Å². The lowest BCUT2D eigenvalue weighted by Gasteiger charge is -2.37. The van der Waals surface area contributed by atoms with Crippen molar-refractivity contribution in [3.63, 3.8) is 0 Å². The molecule has 2 atom stereocenters. The quantitative estimate of drug-likeness (QED) is 0.838. The van der Waals surface area contributed by atoms with Crippen molar-refractivity contribution in [1.29, 1.82) is 0 Å². The second-order valence-electron chi connectivity index (χ2n) is 5.85. The van der Waals surface area contributed by atoms with Crippen molar-refractivity contribution in [3.05, 3.63) is 42.9 Å². The van der Waals surface area contributed by atoms with Crippen LogP contribution in [-0.2, 0) is 6.54 Å². The van der Waals surface area contributed by atoms with Gasteiger partial charge in [0.1, 0.15) is 5.76 Å². The highest BCUT2D eigenvalue weighted by Crippen LogP contribution is 2.34. The number of imidazole rings is 1. The molecule has 0 spiro atoms. The second kappa shape index (κ2) is 6.27. The first-order valence-electron chi connectivity index (χ1n) is 7.56. The van der Waals surface area contributed by atoms with Crippen LogP contribution in [0.5, 0.6) is 0 Å². The van der Waals surface area contributed by atoms with Crippen LogP contribution in [0.3, 0.4) is 0 Å². The Hall–Kier alpha value is -1.55. The first kappa shape index (κ1) is 13.4. The maximum absolute atomic E-state index is 5.65. The van der Waals surface area contributed by atoms with Gasteiger partial charge in [-0.15, -0.1) is 0 Å². The third-order valence-electron chi connectivity index (χ3n) is 4.27. The molecule has 108 valence electrons. The molecule has 1 saturated heterocycles. The summed E-state index contributed by atoms with van der Waals surface area (Å²) in [4.78, 5) is 6.67. The molecule has 4 heteroatoms. The van der Waals surface area contributed by atoms with Crippen LogP contribution in [-0.4, -0.2) is 27.5 Å². The summed E-state index contributed by atoms with van der Waals surface area (Å²) < 4.78 is 7.79. The van der Waals surface area contributed by atoms with Gasteiger partial charge >= 0.3 is 0 Å². The minimum Gasteiger partial charge on any atom is -0.468 e. The molecule has 0 radical (unpaired) electrons. The maximum atomic E-state index is 5.65. The van der Waals surface area contributed by atoms with Crippen molar-refractivity contribution in [2.45, 2.75) is 38.8 Å². The minimum absolute atomic E-state index is 0.455. The zero-order chi connectivity index (χ0) is 13.8. The van der Waals surface area contributed by atoms with E-state index in [0.29, 0.717) is 6.04 Å². The summed E-state index contributed by atoms with van der Waals surface area (Å²) in [6.07, 6.45) is 11.2. The summed E-state index contributed by atoms with van der Waals surface area (Å²) in [5, 5.41) is 0. The van der Waals surface area contributed by atoms with Crippen molar-refractivity contribution >= 4 is 0 Å². The van der Waals surface area contributed by atoms with Gasteiger partial charge in [-0.1, -0.05) is 6.92 Å². The Kier molecular flexibility index (Phi) is 4.21. The van der Waals surface area contributed by atoms with Crippen LogP contribution in [0.4, 0.5) is 0 Å². The van der Waals surface area contributed by atoms with Crippen molar-refractivity contribution in [2.24, 2.45) is 5.92 Å². The molecule has 0 bridgehead atoms. The molecule has 1 fully saturated rings. The number of aromatic nitrogens is 2.